The SMILES string of the molecule is CC1CCN(c2ccc([N]C(=O)NC(C)CCCO)cc2)CC1. The Kier molecular flexibility index (Phi) is 6.71. The maximum Gasteiger partial charge on any atom is 0.341 e. The van der Waals surface area contributed by atoms with E-state index in [0.717, 1.165) is 25.4 Å². The molecule has 23 heavy (non-hydrogen) atoms. The van der Waals surface area contributed by atoms with Crippen LogP contribution in [0.4, 0.5) is 16.2 Å². The van der Waals surface area contributed by atoms with Crippen LogP contribution in [0, 0.1) is 5.92 Å². The number of aliphatic hydroxyl groups is 1. The average molecular weight is 318 g/mol. The van der Waals surface area contributed by atoms with Gasteiger partial charge in [0.05, 0.1) is 5.69 Å². The number of hydrogen-bond donors (Lipinski definition) is 2. The summed E-state index contributed by atoms with van der Waals surface area (Å²) >= 11 is 0. The van der Waals surface area contributed by atoms with Crippen molar-refractivity contribution in [2.24, 2.45) is 5.92 Å². The first-order chi connectivity index (χ1) is 11.1. The Hall–Kier alpha value is -1.75. The number of benzene rings is 1. The minimum absolute atomic E-state index is 0.0213. The third-order valence-corrected chi connectivity index (χ3v) is 4.39. The summed E-state index contributed by atoms with van der Waals surface area (Å²) in [5.41, 5.74) is 1.87. The first-order valence-corrected chi connectivity index (χ1v) is 8.56. The van der Waals surface area contributed by atoms with Crippen LogP contribution in [0.15, 0.2) is 24.3 Å². The molecule has 2 rings (SSSR count). The van der Waals surface area contributed by atoms with E-state index in [9.17, 15) is 4.79 Å². The number of amides is 2. The van der Waals surface area contributed by atoms with Gasteiger partial charge in [0.2, 0.25) is 0 Å². The van der Waals surface area contributed by atoms with Crippen molar-refractivity contribution in [1.29, 1.82) is 0 Å². The van der Waals surface area contributed by atoms with Crippen molar-refractivity contribution in [2.45, 2.75) is 45.6 Å². The number of carbonyl (C=O) groups is 1. The number of hydrogen-bond acceptors (Lipinski definition) is 3. The van der Waals surface area contributed by atoms with Crippen molar-refractivity contribution in [3.05, 3.63) is 24.3 Å². The van der Waals surface area contributed by atoms with Crippen LogP contribution in [-0.4, -0.2) is 36.9 Å². The molecule has 1 aromatic rings. The molecule has 1 aliphatic rings. The van der Waals surface area contributed by atoms with Gasteiger partial charge in [0.25, 0.3) is 0 Å². The van der Waals surface area contributed by atoms with E-state index in [1.54, 1.807) is 0 Å². The molecule has 127 valence electrons. The van der Waals surface area contributed by atoms with Gasteiger partial charge in [-0.1, -0.05) is 6.92 Å². The zero-order valence-electron chi connectivity index (χ0n) is 14.2. The Morgan fingerprint density at radius 2 is 2.00 bits per heavy atom. The largest absolute Gasteiger partial charge is 0.396 e. The second-order valence-corrected chi connectivity index (χ2v) is 6.51. The zero-order chi connectivity index (χ0) is 16.7. The van der Waals surface area contributed by atoms with E-state index in [-0.39, 0.29) is 18.7 Å². The number of piperidine rings is 1. The molecule has 0 aromatic heterocycles. The Morgan fingerprint density at radius 3 is 2.61 bits per heavy atom. The van der Waals surface area contributed by atoms with Gasteiger partial charge in [-0.25, -0.2) is 4.79 Å². The van der Waals surface area contributed by atoms with Gasteiger partial charge in [0.15, 0.2) is 0 Å². The predicted molar refractivity (Wildman–Crippen MR) is 93.2 cm³/mol. The highest BCUT2D eigenvalue weighted by Crippen LogP contribution is 2.24. The molecule has 2 amide bonds. The van der Waals surface area contributed by atoms with Crippen LogP contribution in [-0.2, 0) is 0 Å². The van der Waals surface area contributed by atoms with Crippen molar-refractivity contribution in [2.75, 3.05) is 24.6 Å². The van der Waals surface area contributed by atoms with Crippen molar-refractivity contribution in [3.8, 4) is 0 Å². The fourth-order valence-electron chi connectivity index (χ4n) is 2.83. The Balaban J connectivity index is 1.81. The number of aliphatic hydroxyl groups excluding tert-OH is 1. The lowest BCUT2D eigenvalue weighted by Crippen LogP contribution is -2.35. The lowest BCUT2D eigenvalue weighted by atomic mass is 9.99. The summed E-state index contributed by atoms with van der Waals surface area (Å²) in [4.78, 5) is 14.2. The van der Waals surface area contributed by atoms with Crippen LogP contribution in [0.1, 0.15) is 39.5 Å². The summed E-state index contributed by atoms with van der Waals surface area (Å²) in [5.74, 6) is 0.817. The standard InChI is InChI=1S/C18H28N3O2/c1-14-9-11-21(12-10-14)17-7-5-16(6-8-17)20-18(23)19-15(2)4-3-13-22/h5-8,14-15,22H,3-4,9-13H2,1-2H3,(H,19,23). The van der Waals surface area contributed by atoms with Gasteiger partial charge in [0.1, 0.15) is 0 Å². The first kappa shape index (κ1) is 17.6. The van der Waals surface area contributed by atoms with Gasteiger partial charge < -0.3 is 15.3 Å². The van der Waals surface area contributed by atoms with Crippen LogP contribution in [0.2, 0.25) is 0 Å². The number of urea groups is 1. The molecule has 0 aliphatic carbocycles. The van der Waals surface area contributed by atoms with E-state index in [2.05, 4.69) is 22.5 Å². The lowest BCUT2D eigenvalue weighted by molar-refractivity contribution is 0.237. The number of carbonyl (C=O) groups excluding carboxylic acids is 1. The van der Waals surface area contributed by atoms with Crippen LogP contribution in [0.3, 0.4) is 0 Å². The smallest absolute Gasteiger partial charge is 0.341 e. The third kappa shape index (κ3) is 5.75. The van der Waals surface area contributed by atoms with Gasteiger partial charge in [-0.15, -0.1) is 0 Å². The molecule has 5 heteroatoms. The molecule has 1 radical (unpaired) electrons. The van der Waals surface area contributed by atoms with Crippen LogP contribution in [0.5, 0.6) is 0 Å². The quantitative estimate of drug-likeness (QED) is 0.847. The van der Waals surface area contributed by atoms with Gasteiger partial charge in [-0.3, -0.25) is 0 Å². The van der Waals surface area contributed by atoms with E-state index in [1.807, 2.05) is 31.2 Å². The molecule has 1 atom stereocenters. The summed E-state index contributed by atoms with van der Waals surface area (Å²) in [5, 5.41) is 15.7. The molecule has 0 bridgehead atoms. The minimum Gasteiger partial charge on any atom is -0.396 e. The topological polar surface area (TPSA) is 66.7 Å². The number of nitrogens with zero attached hydrogens (tertiary/aromatic N) is 2. The molecule has 1 aliphatic heterocycles. The summed E-state index contributed by atoms with van der Waals surface area (Å²) in [6.07, 6.45) is 3.91. The molecule has 1 fully saturated rings. The van der Waals surface area contributed by atoms with Crippen molar-refractivity contribution < 1.29 is 9.90 Å². The van der Waals surface area contributed by atoms with E-state index < -0.39 is 0 Å². The Bertz CT molecular complexity index is 482. The monoisotopic (exact) mass is 318 g/mol. The van der Waals surface area contributed by atoms with Gasteiger partial charge >= 0.3 is 6.03 Å². The van der Waals surface area contributed by atoms with Gasteiger partial charge in [0, 0.05) is 31.4 Å². The van der Waals surface area contributed by atoms with Gasteiger partial charge in [-0.2, -0.15) is 5.32 Å². The summed E-state index contributed by atoms with van der Waals surface area (Å²) in [7, 11) is 0. The second kappa shape index (κ2) is 8.77. The highest BCUT2D eigenvalue weighted by Gasteiger charge is 2.16. The molecule has 2 N–H and O–H groups in total. The summed E-state index contributed by atoms with van der Waals surface area (Å²) in [6, 6.07) is 7.56. The molecular weight excluding hydrogens is 290 g/mol. The second-order valence-electron chi connectivity index (χ2n) is 6.51. The van der Waals surface area contributed by atoms with Crippen molar-refractivity contribution in [3.63, 3.8) is 0 Å². The van der Waals surface area contributed by atoms with Crippen LogP contribution in [0.25, 0.3) is 0 Å². The molecule has 5 nitrogen and oxygen atoms in total. The number of anilines is 1. The fraction of sp³-hybridized carbons (Fsp3) is 0.611. The fourth-order valence-corrected chi connectivity index (χ4v) is 2.83. The van der Waals surface area contributed by atoms with Crippen LogP contribution >= 0.6 is 0 Å². The third-order valence-electron chi connectivity index (χ3n) is 4.39. The van der Waals surface area contributed by atoms with Crippen molar-refractivity contribution in [1.82, 2.24) is 10.6 Å². The normalized spacial score (nSPS) is 16.9. The number of nitrogens with one attached hydrogen (secondary N) is 1. The van der Waals surface area contributed by atoms with Crippen LogP contribution < -0.4 is 15.5 Å². The Morgan fingerprint density at radius 1 is 1.35 bits per heavy atom. The van der Waals surface area contributed by atoms with Gasteiger partial charge in [-0.05, 0) is 62.8 Å². The average Bonchev–Trinajstić information content (AvgIpc) is 2.54. The van der Waals surface area contributed by atoms with E-state index >= 15 is 0 Å². The summed E-state index contributed by atoms with van der Waals surface area (Å²) < 4.78 is 0. The Labute approximate surface area is 139 Å². The highest BCUT2D eigenvalue weighted by atomic mass is 16.3. The number of rotatable bonds is 6. The predicted octanol–water partition coefficient (Wildman–Crippen LogP) is 3.03. The molecule has 1 unspecified atom stereocenters. The van der Waals surface area contributed by atoms with E-state index in [4.69, 9.17) is 5.11 Å². The molecule has 1 saturated heterocycles. The molecule has 1 heterocycles. The molecule has 0 saturated carbocycles. The maximum absolute atomic E-state index is 11.9. The molecule has 1 aromatic carbocycles. The summed E-state index contributed by atoms with van der Waals surface area (Å²) in [6.45, 7) is 6.57. The molecular formula is C18H28N3O2. The highest BCUT2D eigenvalue weighted by molar-refractivity contribution is 5.79. The molecule has 0 spiro atoms. The minimum atomic E-state index is -0.324. The van der Waals surface area contributed by atoms with E-state index in [1.165, 1.54) is 18.5 Å². The zero-order valence-corrected chi connectivity index (χ0v) is 14.2. The lowest BCUT2D eigenvalue weighted by Gasteiger charge is -2.32. The van der Waals surface area contributed by atoms with E-state index in [0.29, 0.717) is 12.1 Å². The maximum atomic E-state index is 11.9. The van der Waals surface area contributed by atoms with Crippen molar-refractivity contribution >= 4 is 17.4 Å². The first-order valence-electron chi connectivity index (χ1n) is 8.56.